The average Bonchev–Trinajstić information content (AvgIpc) is 2.52. The molecule has 0 radical (unpaired) electrons. The molecule has 0 saturated carbocycles. The number of carbonyl (C=O) groups is 1. The molecule has 1 aromatic heterocycles. The van der Waals surface area contributed by atoms with E-state index in [4.69, 9.17) is 4.74 Å². The lowest BCUT2D eigenvalue weighted by atomic mass is 10.1. The zero-order valence-electron chi connectivity index (χ0n) is 11.6. The molecule has 5 nitrogen and oxygen atoms in total. The Morgan fingerprint density at radius 1 is 1.45 bits per heavy atom. The third kappa shape index (κ3) is 2.49. The molecule has 0 aromatic carbocycles. The molecule has 2 aliphatic heterocycles. The van der Waals surface area contributed by atoms with Crippen LogP contribution in [0.2, 0.25) is 0 Å². The van der Waals surface area contributed by atoms with Gasteiger partial charge in [0.25, 0.3) is 0 Å². The molecule has 3 rings (SSSR count). The van der Waals surface area contributed by atoms with E-state index < -0.39 is 11.7 Å². The van der Waals surface area contributed by atoms with E-state index in [2.05, 4.69) is 11.6 Å². The highest BCUT2D eigenvalue weighted by molar-refractivity contribution is 5.87. The number of amides is 1. The molecule has 118 valence electrons. The number of anilines is 1. The minimum Gasteiger partial charge on any atom is -0.487 e. The molecule has 1 saturated heterocycles. The van der Waals surface area contributed by atoms with E-state index in [0.29, 0.717) is 25.5 Å². The van der Waals surface area contributed by atoms with Gasteiger partial charge in [0.2, 0.25) is 5.91 Å². The first kappa shape index (κ1) is 14.7. The van der Waals surface area contributed by atoms with Gasteiger partial charge in [0, 0.05) is 25.8 Å². The largest absolute Gasteiger partial charge is 0.487 e. The van der Waals surface area contributed by atoms with Crippen LogP contribution in [0, 0.1) is 0 Å². The van der Waals surface area contributed by atoms with Crippen LogP contribution in [0.25, 0.3) is 0 Å². The zero-order chi connectivity index (χ0) is 15.9. The van der Waals surface area contributed by atoms with Gasteiger partial charge in [-0.1, -0.05) is 6.58 Å². The second kappa shape index (κ2) is 5.19. The van der Waals surface area contributed by atoms with Crippen LogP contribution in [0.5, 0.6) is 5.75 Å². The summed E-state index contributed by atoms with van der Waals surface area (Å²) in [7, 11) is 0. The molecule has 0 spiro atoms. The number of fused-ring (bicyclic) bond motifs is 3. The van der Waals surface area contributed by atoms with Gasteiger partial charge < -0.3 is 14.5 Å². The third-order valence-electron chi connectivity index (χ3n) is 3.83. The topological polar surface area (TPSA) is 45.7 Å². The number of aromatic nitrogens is 1. The first-order valence-electron chi connectivity index (χ1n) is 6.78. The van der Waals surface area contributed by atoms with Crippen LogP contribution >= 0.6 is 0 Å². The molecule has 0 unspecified atom stereocenters. The van der Waals surface area contributed by atoms with E-state index >= 15 is 0 Å². The molecule has 3 heterocycles. The fourth-order valence-electron chi connectivity index (χ4n) is 2.71. The minimum atomic E-state index is -4.45. The standard InChI is InChI=1S/C14H14F3N3O2/c1-2-12(21)19-3-4-20-10(7-19)8-22-11-5-9(14(15,16)17)6-18-13(11)20/h2,5-6,10H,1,3-4,7-8H2/t10-/m0/s1. The summed E-state index contributed by atoms with van der Waals surface area (Å²) in [6.45, 7) is 5.08. The summed E-state index contributed by atoms with van der Waals surface area (Å²) < 4.78 is 43.5. The average molecular weight is 313 g/mol. The molecule has 0 N–H and O–H groups in total. The van der Waals surface area contributed by atoms with E-state index in [1.807, 2.05) is 4.90 Å². The number of carbonyl (C=O) groups excluding carboxylic acids is 1. The predicted molar refractivity (Wildman–Crippen MR) is 72.6 cm³/mol. The van der Waals surface area contributed by atoms with Gasteiger partial charge in [-0.2, -0.15) is 13.2 Å². The number of pyridine rings is 1. The zero-order valence-corrected chi connectivity index (χ0v) is 11.6. The van der Waals surface area contributed by atoms with E-state index in [1.54, 1.807) is 4.90 Å². The molecule has 1 atom stereocenters. The second-order valence-electron chi connectivity index (χ2n) is 5.19. The predicted octanol–water partition coefficient (Wildman–Crippen LogP) is 1.70. The quantitative estimate of drug-likeness (QED) is 0.740. The number of halogens is 3. The van der Waals surface area contributed by atoms with Crippen molar-refractivity contribution in [3.8, 4) is 5.75 Å². The van der Waals surface area contributed by atoms with Crippen molar-refractivity contribution in [1.29, 1.82) is 0 Å². The lowest BCUT2D eigenvalue weighted by Gasteiger charge is -2.44. The highest BCUT2D eigenvalue weighted by Crippen LogP contribution is 2.38. The molecule has 2 aliphatic rings. The van der Waals surface area contributed by atoms with Crippen LogP contribution in [-0.4, -0.2) is 48.1 Å². The molecular formula is C14H14F3N3O2. The first-order chi connectivity index (χ1) is 10.4. The summed E-state index contributed by atoms with van der Waals surface area (Å²) in [6.07, 6.45) is -2.38. The van der Waals surface area contributed by atoms with E-state index in [1.165, 1.54) is 6.08 Å². The Hall–Kier alpha value is -2.25. The van der Waals surface area contributed by atoms with E-state index in [-0.39, 0.29) is 24.3 Å². The van der Waals surface area contributed by atoms with Crippen molar-refractivity contribution in [3.63, 3.8) is 0 Å². The Labute approximate surface area is 125 Å². The molecule has 1 fully saturated rings. The van der Waals surface area contributed by atoms with Crippen LogP contribution in [0.3, 0.4) is 0 Å². The SMILES string of the molecule is C=CC(=O)N1CCN2c3ncc(C(F)(F)F)cc3OC[C@@H]2C1. The van der Waals surface area contributed by atoms with Crippen LogP contribution < -0.4 is 9.64 Å². The van der Waals surface area contributed by atoms with Crippen LogP contribution in [0.15, 0.2) is 24.9 Å². The Bertz CT molecular complexity index is 618. The molecule has 8 heteroatoms. The van der Waals surface area contributed by atoms with Gasteiger partial charge in [-0.05, 0) is 12.1 Å². The van der Waals surface area contributed by atoms with Crippen LogP contribution in [-0.2, 0) is 11.0 Å². The Morgan fingerprint density at radius 3 is 2.91 bits per heavy atom. The summed E-state index contributed by atoms with van der Waals surface area (Å²) >= 11 is 0. The minimum absolute atomic E-state index is 0.116. The number of ether oxygens (including phenoxy) is 1. The number of hydrogen-bond donors (Lipinski definition) is 0. The van der Waals surface area contributed by atoms with Crippen molar-refractivity contribution in [3.05, 3.63) is 30.5 Å². The smallest absolute Gasteiger partial charge is 0.418 e. The Kier molecular flexibility index (Phi) is 3.46. The lowest BCUT2D eigenvalue weighted by molar-refractivity contribution is -0.138. The van der Waals surface area contributed by atoms with Crippen molar-refractivity contribution in [2.75, 3.05) is 31.1 Å². The molecule has 0 bridgehead atoms. The van der Waals surface area contributed by atoms with Crippen LogP contribution in [0.1, 0.15) is 5.56 Å². The van der Waals surface area contributed by atoms with Crippen molar-refractivity contribution in [1.82, 2.24) is 9.88 Å². The maximum absolute atomic E-state index is 12.7. The van der Waals surface area contributed by atoms with Gasteiger partial charge in [-0.15, -0.1) is 0 Å². The van der Waals surface area contributed by atoms with Gasteiger partial charge in [-0.3, -0.25) is 4.79 Å². The maximum Gasteiger partial charge on any atom is 0.418 e. The summed E-state index contributed by atoms with van der Waals surface area (Å²) in [6, 6.07) is 0.856. The third-order valence-corrected chi connectivity index (χ3v) is 3.83. The molecule has 1 aromatic rings. The van der Waals surface area contributed by atoms with Gasteiger partial charge in [0.1, 0.15) is 6.61 Å². The number of rotatable bonds is 1. The highest BCUT2D eigenvalue weighted by Gasteiger charge is 2.37. The number of hydrogen-bond acceptors (Lipinski definition) is 4. The van der Waals surface area contributed by atoms with E-state index in [9.17, 15) is 18.0 Å². The van der Waals surface area contributed by atoms with Gasteiger partial charge in [-0.25, -0.2) is 4.98 Å². The second-order valence-corrected chi connectivity index (χ2v) is 5.19. The molecule has 0 aliphatic carbocycles. The number of nitrogens with zero attached hydrogens (tertiary/aromatic N) is 3. The Morgan fingerprint density at radius 2 is 2.23 bits per heavy atom. The van der Waals surface area contributed by atoms with E-state index in [0.717, 1.165) is 12.3 Å². The number of alkyl halides is 3. The lowest BCUT2D eigenvalue weighted by Crippen LogP contribution is -2.58. The first-order valence-corrected chi connectivity index (χ1v) is 6.78. The fourth-order valence-corrected chi connectivity index (χ4v) is 2.71. The van der Waals surface area contributed by atoms with Gasteiger partial charge in [0.05, 0.1) is 11.6 Å². The summed E-state index contributed by atoms with van der Waals surface area (Å²) in [5.74, 6) is 0.371. The van der Waals surface area contributed by atoms with Gasteiger partial charge in [0.15, 0.2) is 11.6 Å². The van der Waals surface area contributed by atoms with Gasteiger partial charge >= 0.3 is 6.18 Å². The summed E-state index contributed by atoms with van der Waals surface area (Å²) in [5.41, 5.74) is -0.829. The molecule has 1 amide bonds. The van der Waals surface area contributed by atoms with Crippen molar-refractivity contribution in [2.24, 2.45) is 0 Å². The molecular weight excluding hydrogens is 299 g/mol. The fraction of sp³-hybridized carbons (Fsp3) is 0.429. The van der Waals surface area contributed by atoms with Crippen molar-refractivity contribution < 1.29 is 22.7 Å². The Balaban J connectivity index is 1.84. The summed E-state index contributed by atoms with van der Waals surface area (Å²) in [5, 5.41) is 0. The normalized spacial score (nSPS) is 20.8. The highest BCUT2D eigenvalue weighted by atomic mass is 19.4. The van der Waals surface area contributed by atoms with Crippen molar-refractivity contribution in [2.45, 2.75) is 12.2 Å². The monoisotopic (exact) mass is 313 g/mol. The maximum atomic E-state index is 12.7. The number of piperazine rings is 1. The van der Waals surface area contributed by atoms with Crippen LogP contribution in [0.4, 0.5) is 19.0 Å². The van der Waals surface area contributed by atoms with Crippen molar-refractivity contribution >= 4 is 11.7 Å². The summed E-state index contributed by atoms with van der Waals surface area (Å²) in [4.78, 5) is 19.1. The molecule has 22 heavy (non-hydrogen) atoms.